The van der Waals surface area contributed by atoms with Crippen molar-refractivity contribution in [3.05, 3.63) is 65.2 Å². The molecule has 0 atom stereocenters. The Bertz CT molecular complexity index is 844. The van der Waals surface area contributed by atoms with Crippen molar-refractivity contribution in [2.24, 2.45) is 10.9 Å². The molecule has 0 saturated carbocycles. The molecule has 0 bridgehead atoms. The molecule has 2 aromatic carbocycles. The molecule has 2 rings (SSSR count). The molecule has 0 saturated heterocycles. The summed E-state index contributed by atoms with van der Waals surface area (Å²) in [5, 5.41) is 9.17. The van der Waals surface area contributed by atoms with Gasteiger partial charge in [-0.1, -0.05) is 38.1 Å². The number of guanidine groups is 1. The first kappa shape index (κ1) is 23.3. The summed E-state index contributed by atoms with van der Waals surface area (Å²) in [5.41, 5.74) is 1.93. The number of aliphatic imine (C=N–C) groups is 1. The monoisotopic (exact) mass is 420 g/mol. The van der Waals surface area contributed by atoms with Crippen LogP contribution in [0.1, 0.15) is 30.5 Å². The number of carbonyl (C=O) groups excluding carboxylic acids is 1. The van der Waals surface area contributed by atoms with Gasteiger partial charge in [0.15, 0.2) is 5.96 Å². The van der Waals surface area contributed by atoms with Crippen molar-refractivity contribution in [2.45, 2.75) is 33.0 Å². The van der Waals surface area contributed by atoms with Gasteiger partial charge in [-0.05, 0) is 41.8 Å². The number of amides is 1. The summed E-state index contributed by atoms with van der Waals surface area (Å²) in [6, 6.07) is 12.7. The molecule has 30 heavy (non-hydrogen) atoms. The number of carbonyl (C=O) groups is 1. The second-order valence-corrected chi connectivity index (χ2v) is 7.14. The van der Waals surface area contributed by atoms with Crippen LogP contribution in [0.25, 0.3) is 0 Å². The molecule has 0 unspecified atom stereocenters. The predicted octanol–water partition coefficient (Wildman–Crippen LogP) is 4.21. The number of rotatable bonds is 7. The van der Waals surface area contributed by atoms with E-state index in [1.807, 2.05) is 38.1 Å². The Morgan fingerprint density at radius 3 is 2.10 bits per heavy atom. The van der Waals surface area contributed by atoms with Crippen LogP contribution in [0, 0.1) is 5.92 Å². The molecule has 162 valence electrons. The van der Waals surface area contributed by atoms with Crippen LogP contribution < -0.4 is 16.0 Å². The van der Waals surface area contributed by atoms with Gasteiger partial charge in [0.2, 0.25) is 5.91 Å². The average Bonchev–Trinajstić information content (AvgIpc) is 2.71. The van der Waals surface area contributed by atoms with Crippen molar-refractivity contribution in [1.29, 1.82) is 0 Å². The van der Waals surface area contributed by atoms with E-state index >= 15 is 0 Å². The van der Waals surface area contributed by atoms with Crippen molar-refractivity contribution < 1.29 is 18.0 Å². The Labute approximate surface area is 174 Å². The van der Waals surface area contributed by atoms with Crippen molar-refractivity contribution >= 4 is 17.6 Å². The maximum absolute atomic E-state index is 12.6. The van der Waals surface area contributed by atoms with Crippen LogP contribution in [0.5, 0.6) is 0 Å². The topological polar surface area (TPSA) is 65.5 Å². The van der Waals surface area contributed by atoms with Gasteiger partial charge in [0.1, 0.15) is 0 Å². The fourth-order valence-electron chi connectivity index (χ4n) is 2.58. The third kappa shape index (κ3) is 7.42. The number of nitrogens with zero attached hydrogens (tertiary/aromatic N) is 1. The second kappa shape index (κ2) is 10.7. The smallest absolute Gasteiger partial charge is 0.356 e. The van der Waals surface area contributed by atoms with E-state index < -0.39 is 11.7 Å². The summed E-state index contributed by atoms with van der Waals surface area (Å²) in [4.78, 5) is 15.9. The summed E-state index contributed by atoms with van der Waals surface area (Å²) >= 11 is 0. The standard InChI is InChI=1S/C22H27F3N4O/c1-15(2)20(30)29-19-10-6-17(7-11-19)14-28-21(26-3)27-13-12-16-4-8-18(9-5-16)22(23,24)25/h4-11,15H,12-14H2,1-3H3,(H,29,30)(H2,26,27,28). The van der Waals surface area contributed by atoms with Gasteiger partial charge in [0, 0.05) is 31.7 Å². The highest BCUT2D eigenvalue weighted by molar-refractivity contribution is 5.92. The molecule has 2 aromatic rings. The second-order valence-electron chi connectivity index (χ2n) is 7.14. The highest BCUT2D eigenvalue weighted by Gasteiger charge is 2.29. The maximum atomic E-state index is 12.6. The van der Waals surface area contributed by atoms with Gasteiger partial charge in [-0.15, -0.1) is 0 Å². The Morgan fingerprint density at radius 1 is 0.967 bits per heavy atom. The SMILES string of the molecule is CN=C(NCCc1ccc(C(F)(F)F)cc1)NCc1ccc(NC(=O)C(C)C)cc1. The lowest BCUT2D eigenvalue weighted by Gasteiger charge is -2.13. The van der Waals surface area contributed by atoms with Gasteiger partial charge in [0.05, 0.1) is 5.56 Å². The van der Waals surface area contributed by atoms with E-state index in [-0.39, 0.29) is 11.8 Å². The highest BCUT2D eigenvalue weighted by Crippen LogP contribution is 2.29. The average molecular weight is 420 g/mol. The first-order chi connectivity index (χ1) is 14.2. The van der Waals surface area contributed by atoms with Crippen LogP contribution in [0.4, 0.5) is 18.9 Å². The molecule has 0 heterocycles. The molecular formula is C22H27F3N4O. The Balaban J connectivity index is 1.77. The largest absolute Gasteiger partial charge is 0.416 e. The van der Waals surface area contributed by atoms with Crippen LogP contribution in [0.2, 0.25) is 0 Å². The van der Waals surface area contributed by atoms with Crippen molar-refractivity contribution in [2.75, 3.05) is 18.9 Å². The van der Waals surface area contributed by atoms with E-state index in [1.165, 1.54) is 12.1 Å². The number of anilines is 1. The first-order valence-electron chi connectivity index (χ1n) is 9.69. The van der Waals surface area contributed by atoms with Gasteiger partial charge in [0.25, 0.3) is 0 Å². The normalized spacial score (nSPS) is 12.0. The molecule has 0 fully saturated rings. The van der Waals surface area contributed by atoms with Gasteiger partial charge in [-0.25, -0.2) is 0 Å². The van der Waals surface area contributed by atoms with E-state index in [0.717, 1.165) is 28.9 Å². The van der Waals surface area contributed by atoms with E-state index in [4.69, 9.17) is 0 Å². The number of hydrogen-bond acceptors (Lipinski definition) is 2. The summed E-state index contributed by atoms with van der Waals surface area (Å²) in [6.45, 7) is 4.75. The fraction of sp³-hybridized carbons (Fsp3) is 0.364. The zero-order chi connectivity index (χ0) is 22.1. The Kier molecular flexibility index (Phi) is 8.26. The minimum absolute atomic E-state index is 0.0291. The number of benzene rings is 2. The van der Waals surface area contributed by atoms with Gasteiger partial charge >= 0.3 is 6.18 Å². The molecule has 0 aliphatic carbocycles. The lowest BCUT2D eigenvalue weighted by molar-refractivity contribution is -0.137. The molecule has 1 amide bonds. The van der Waals surface area contributed by atoms with Gasteiger partial charge in [-0.3, -0.25) is 9.79 Å². The zero-order valence-electron chi connectivity index (χ0n) is 17.3. The summed E-state index contributed by atoms with van der Waals surface area (Å²) < 4.78 is 37.8. The molecule has 0 aliphatic heterocycles. The van der Waals surface area contributed by atoms with Crippen LogP contribution >= 0.6 is 0 Å². The van der Waals surface area contributed by atoms with Gasteiger partial charge in [-0.2, -0.15) is 13.2 Å². The van der Waals surface area contributed by atoms with E-state index in [2.05, 4.69) is 20.9 Å². The summed E-state index contributed by atoms with van der Waals surface area (Å²) in [7, 11) is 1.65. The summed E-state index contributed by atoms with van der Waals surface area (Å²) in [6.07, 6.45) is -3.75. The zero-order valence-corrected chi connectivity index (χ0v) is 17.3. The first-order valence-corrected chi connectivity index (χ1v) is 9.69. The molecule has 5 nitrogen and oxygen atoms in total. The quantitative estimate of drug-likeness (QED) is 0.465. The predicted molar refractivity (Wildman–Crippen MR) is 113 cm³/mol. The molecular weight excluding hydrogens is 393 g/mol. The van der Waals surface area contributed by atoms with E-state index in [0.29, 0.717) is 25.5 Å². The molecule has 0 spiro atoms. The van der Waals surface area contributed by atoms with Crippen LogP contribution in [-0.2, 0) is 23.9 Å². The number of nitrogens with one attached hydrogen (secondary N) is 3. The van der Waals surface area contributed by atoms with Crippen molar-refractivity contribution in [1.82, 2.24) is 10.6 Å². The van der Waals surface area contributed by atoms with E-state index in [9.17, 15) is 18.0 Å². The van der Waals surface area contributed by atoms with Crippen LogP contribution in [-0.4, -0.2) is 25.5 Å². The minimum atomic E-state index is -4.32. The Hall–Kier alpha value is -3.03. The van der Waals surface area contributed by atoms with Crippen molar-refractivity contribution in [3.63, 3.8) is 0 Å². The fourth-order valence-corrected chi connectivity index (χ4v) is 2.58. The number of alkyl halides is 3. The summed E-state index contributed by atoms with van der Waals surface area (Å²) in [5.74, 6) is 0.487. The number of halogens is 3. The lowest BCUT2D eigenvalue weighted by Crippen LogP contribution is -2.37. The molecule has 0 aromatic heterocycles. The highest BCUT2D eigenvalue weighted by atomic mass is 19.4. The third-order valence-electron chi connectivity index (χ3n) is 4.42. The lowest BCUT2D eigenvalue weighted by atomic mass is 10.1. The molecule has 8 heteroatoms. The third-order valence-corrected chi connectivity index (χ3v) is 4.42. The van der Waals surface area contributed by atoms with Crippen LogP contribution in [0.15, 0.2) is 53.5 Å². The minimum Gasteiger partial charge on any atom is -0.356 e. The molecule has 0 aliphatic rings. The van der Waals surface area contributed by atoms with Crippen LogP contribution in [0.3, 0.4) is 0 Å². The Morgan fingerprint density at radius 2 is 1.57 bits per heavy atom. The maximum Gasteiger partial charge on any atom is 0.416 e. The number of hydrogen-bond donors (Lipinski definition) is 3. The van der Waals surface area contributed by atoms with Gasteiger partial charge < -0.3 is 16.0 Å². The molecule has 3 N–H and O–H groups in total. The molecule has 0 radical (unpaired) electrons. The van der Waals surface area contributed by atoms with E-state index in [1.54, 1.807) is 7.05 Å². The van der Waals surface area contributed by atoms with Crippen molar-refractivity contribution in [3.8, 4) is 0 Å².